The molecule has 0 spiro atoms. The lowest BCUT2D eigenvalue weighted by Gasteiger charge is -2.26. The maximum absolute atomic E-state index is 11.0. The Balaban J connectivity index is 1.89. The van der Waals surface area contributed by atoms with Crippen molar-refractivity contribution in [3.8, 4) is 17.6 Å². The minimum atomic E-state index is -0.944. The predicted octanol–water partition coefficient (Wildman–Crippen LogP) is 4.99. The van der Waals surface area contributed by atoms with Crippen LogP contribution < -0.4 is 4.74 Å². The van der Waals surface area contributed by atoms with Crippen molar-refractivity contribution in [3.05, 3.63) is 64.7 Å². The highest BCUT2D eigenvalue weighted by atomic mass is 16.7. The van der Waals surface area contributed by atoms with Crippen LogP contribution in [0.3, 0.4) is 0 Å². The summed E-state index contributed by atoms with van der Waals surface area (Å²) in [4.78, 5) is 11.0. The van der Waals surface area contributed by atoms with Gasteiger partial charge in [-0.15, -0.1) is 0 Å². The topological polar surface area (TPSA) is 55.8 Å². The molecule has 2 aromatic carbocycles. The minimum absolute atomic E-state index is 0.00412. The van der Waals surface area contributed by atoms with E-state index in [4.69, 9.17) is 14.6 Å². The monoisotopic (exact) mass is 378 g/mol. The number of aromatic carboxylic acids is 1. The minimum Gasteiger partial charge on any atom is -0.478 e. The summed E-state index contributed by atoms with van der Waals surface area (Å²) in [5.74, 6) is 6.05. The molecule has 4 heteroatoms. The Hall–Kier alpha value is -2.77. The molecule has 0 amide bonds. The summed E-state index contributed by atoms with van der Waals surface area (Å²) in [7, 11) is 0. The Kier molecular flexibility index (Phi) is 6.06. The SMILES string of the molecule is CC(C)(C)c1ccc(C#Cc2ccc(C(=O)O)cc2)c(OC2CCCCO2)c1. The largest absolute Gasteiger partial charge is 0.478 e. The van der Waals surface area contributed by atoms with Crippen LogP contribution in [-0.2, 0) is 10.2 Å². The normalized spacial score (nSPS) is 16.8. The Bertz CT molecular complexity index is 889. The second kappa shape index (κ2) is 8.50. The number of ether oxygens (including phenoxy) is 2. The van der Waals surface area contributed by atoms with Gasteiger partial charge >= 0.3 is 5.97 Å². The Morgan fingerprint density at radius 2 is 1.86 bits per heavy atom. The first kappa shape index (κ1) is 20.0. The van der Waals surface area contributed by atoms with Crippen LogP contribution in [0.15, 0.2) is 42.5 Å². The van der Waals surface area contributed by atoms with Crippen molar-refractivity contribution in [2.24, 2.45) is 0 Å². The van der Waals surface area contributed by atoms with E-state index in [2.05, 4.69) is 44.7 Å². The van der Waals surface area contributed by atoms with E-state index in [9.17, 15) is 4.79 Å². The van der Waals surface area contributed by atoms with E-state index in [0.717, 1.165) is 42.7 Å². The molecule has 1 aliphatic heterocycles. The molecule has 0 bridgehead atoms. The van der Waals surface area contributed by atoms with Crippen molar-refractivity contribution in [1.82, 2.24) is 0 Å². The molecule has 1 saturated heterocycles. The molecular weight excluding hydrogens is 352 g/mol. The van der Waals surface area contributed by atoms with Gasteiger partial charge in [-0.05, 0) is 60.2 Å². The highest BCUT2D eigenvalue weighted by molar-refractivity contribution is 5.87. The molecule has 1 unspecified atom stereocenters. The number of benzene rings is 2. The second-order valence-electron chi connectivity index (χ2n) is 8.01. The lowest BCUT2D eigenvalue weighted by Crippen LogP contribution is -2.25. The molecule has 0 aliphatic carbocycles. The fraction of sp³-hybridized carbons (Fsp3) is 0.375. The molecule has 1 heterocycles. The third kappa shape index (κ3) is 5.15. The highest BCUT2D eigenvalue weighted by Gasteiger charge is 2.20. The van der Waals surface area contributed by atoms with Crippen LogP contribution in [0.25, 0.3) is 0 Å². The molecule has 146 valence electrons. The van der Waals surface area contributed by atoms with Gasteiger partial charge in [0.05, 0.1) is 17.7 Å². The van der Waals surface area contributed by atoms with Gasteiger partial charge in [0.25, 0.3) is 0 Å². The van der Waals surface area contributed by atoms with Crippen LogP contribution in [0.5, 0.6) is 5.75 Å². The van der Waals surface area contributed by atoms with Gasteiger partial charge in [-0.25, -0.2) is 4.79 Å². The first-order chi connectivity index (χ1) is 13.3. The number of hydrogen-bond acceptors (Lipinski definition) is 3. The van der Waals surface area contributed by atoms with E-state index in [-0.39, 0.29) is 17.3 Å². The van der Waals surface area contributed by atoms with Gasteiger partial charge in [-0.3, -0.25) is 0 Å². The van der Waals surface area contributed by atoms with E-state index >= 15 is 0 Å². The van der Waals surface area contributed by atoms with Gasteiger partial charge < -0.3 is 14.6 Å². The first-order valence-corrected chi connectivity index (χ1v) is 9.61. The van der Waals surface area contributed by atoms with Crippen molar-refractivity contribution < 1.29 is 19.4 Å². The average molecular weight is 378 g/mol. The van der Waals surface area contributed by atoms with Gasteiger partial charge in [-0.1, -0.05) is 38.7 Å². The predicted molar refractivity (Wildman–Crippen MR) is 109 cm³/mol. The molecule has 1 aliphatic rings. The molecule has 1 atom stereocenters. The molecular formula is C24H26O4. The van der Waals surface area contributed by atoms with Gasteiger partial charge in [0.15, 0.2) is 6.29 Å². The molecule has 1 N–H and O–H groups in total. The summed E-state index contributed by atoms with van der Waals surface area (Å²) in [5.41, 5.74) is 2.98. The lowest BCUT2D eigenvalue weighted by molar-refractivity contribution is -0.106. The summed E-state index contributed by atoms with van der Waals surface area (Å²) < 4.78 is 11.9. The summed E-state index contributed by atoms with van der Waals surface area (Å²) >= 11 is 0. The molecule has 2 aromatic rings. The number of rotatable bonds is 3. The number of carbonyl (C=O) groups is 1. The van der Waals surface area contributed by atoms with Crippen molar-refractivity contribution >= 4 is 5.97 Å². The van der Waals surface area contributed by atoms with E-state index in [1.54, 1.807) is 24.3 Å². The van der Waals surface area contributed by atoms with Crippen molar-refractivity contribution in [2.75, 3.05) is 6.61 Å². The van der Waals surface area contributed by atoms with Crippen molar-refractivity contribution in [2.45, 2.75) is 51.7 Å². The Labute approximate surface area is 166 Å². The van der Waals surface area contributed by atoms with Gasteiger partial charge in [0, 0.05) is 12.0 Å². The number of carboxylic acids is 1. The number of hydrogen-bond donors (Lipinski definition) is 1. The summed E-state index contributed by atoms with van der Waals surface area (Å²) in [5, 5.41) is 9.00. The van der Waals surface area contributed by atoms with Crippen LogP contribution in [0, 0.1) is 11.8 Å². The van der Waals surface area contributed by atoms with Gasteiger partial charge in [-0.2, -0.15) is 0 Å². The maximum Gasteiger partial charge on any atom is 0.335 e. The van der Waals surface area contributed by atoms with E-state index in [1.165, 1.54) is 5.56 Å². The fourth-order valence-electron chi connectivity index (χ4n) is 2.97. The Morgan fingerprint density at radius 1 is 1.11 bits per heavy atom. The molecule has 4 nitrogen and oxygen atoms in total. The van der Waals surface area contributed by atoms with E-state index in [1.807, 2.05) is 6.07 Å². The van der Waals surface area contributed by atoms with Gasteiger partial charge in [0.2, 0.25) is 0 Å². The van der Waals surface area contributed by atoms with Crippen LogP contribution >= 0.6 is 0 Å². The van der Waals surface area contributed by atoms with Crippen LogP contribution in [0.4, 0.5) is 0 Å². The summed E-state index contributed by atoms with van der Waals surface area (Å²) in [6.45, 7) is 7.22. The Morgan fingerprint density at radius 3 is 2.46 bits per heavy atom. The lowest BCUT2D eigenvalue weighted by atomic mass is 9.86. The molecule has 0 radical (unpaired) electrons. The zero-order chi connectivity index (χ0) is 20.1. The standard InChI is InChI=1S/C24H26O4/c1-24(2,3)20-14-13-18(21(16-20)28-22-6-4-5-15-27-22)10-7-17-8-11-19(12-9-17)23(25)26/h8-9,11-14,16,22H,4-6,15H2,1-3H3,(H,25,26). The van der Waals surface area contributed by atoms with Crippen molar-refractivity contribution in [1.29, 1.82) is 0 Å². The van der Waals surface area contributed by atoms with Crippen LogP contribution in [-0.4, -0.2) is 24.0 Å². The zero-order valence-electron chi connectivity index (χ0n) is 16.6. The average Bonchev–Trinajstić information content (AvgIpc) is 2.67. The fourth-order valence-corrected chi connectivity index (χ4v) is 2.97. The maximum atomic E-state index is 11.0. The summed E-state index contributed by atoms with van der Waals surface area (Å²) in [6, 6.07) is 12.7. The van der Waals surface area contributed by atoms with Crippen LogP contribution in [0.1, 0.15) is 67.1 Å². The second-order valence-corrected chi connectivity index (χ2v) is 8.01. The third-order valence-electron chi connectivity index (χ3n) is 4.72. The third-order valence-corrected chi connectivity index (χ3v) is 4.72. The molecule has 0 aromatic heterocycles. The molecule has 28 heavy (non-hydrogen) atoms. The van der Waals surface area contributed by atoms with Crippen LogP contribution in [0.2, 0.25) is 0 Å². The first-order valence-electron chi connectivity index (χ1n) is 9.61. The zero-order valence-corrected chi connectivity index (χ0v) is 16.6. The molecule has 0 saturated carbocycles. The molecule has 3 rings (SSSR count). The van der Waals surface area contributed by atoms with Crippen molar-refractivity contribution in [3.63, 3.8) is 0 Å². The highest BCUT2D eigenvalue weighted by Crippen LogP contribution is 2.30. The molecule has 1 fully saturated rings. The van der Waals surface area contributed by atoms with E-state index < -0.39 is 5.97 Å². The smallest absolute Gasteiger partial charge is 0.335 e. The quantitative estimate of drug-likeness (QED) is 0.765. The van der Waals surface area contributed by atoms with Gasteiger partial charge in [0.1, 0.15) is 5.75 Å². The summed E-state index contributed by atoms with van der Waals surface area (Å²) in [6.07, 6.45) is 2.81. The number of carboxylic acid groups (broad SMARTS) is 1. The van der Waals surface area contributed by atoms with E-state index in [0.29, 0.717) is 0 Å².